The van der Waals surface area contributed by atoms with E-state index < -0.39 is 9.84 Å². The number of sulfone groups is 1. The first kappa shape index (κ1) is 14.4. The molecule has 0 aromatic carbocycles. The molecular formula is C9H20N2O3S. The van der Waals surface area contributed by atoms with Crippen LogP contribution in [0.15, 0.2) is 0 Å². The number of nitrogens with one attached hydrogen (secondary N) is 1. The van der Waals surface area contributed by atoms with Crippen molar-refractivity contribution in [3.05, 3.63) is 0 Å². The number of rotatable bonds is 7. The van der Waals surface area contributed by atoms with Crippen molar-refractivity contribution in [2.75, 3.05) is 18.1 Å². The molecule has 6 heteroatoms. The van der Waals surface area contributed by atoms with Crippen LogP contribution in [0.1, 0.15) is 26.7 Å². The van der Waals surface area contributed by atoms with Crippen molar-refractivity contribution in [3.63, 3.8) is 0 Å². The molecule has 90 valence electrons. The molecule has 0 saturated heterocycles. The number of amides is 1. The maximum atomic E-state index is 11.2. The molecule has 1 unspecified atom stereocenters. The molecule has 5 nitrogen and oxygen atoms in total. The Morgan fingerprint density at radius 1 is 1.40 bits per heavy atom. The van der Waals surface area contributed by atoms with Crippen LogP contribution in [-0.4, -0.2) is 38.4 Å². The van der Waals surface area contributed by atoms with Crippen molar-refractivity contribution in [1.29, 1.82) is 0 Å². The molecule has 1 amide bonds. The molecule has 0 fully saturated rings. The van der Waals surface area contributed by atoms with E-state index in [0.29, 0.717) is 0 Å². The first-order valence-corrected chi connectivity index (χ1v) is 6.96. The Kier molecular flexibility index (Phi) is 6.51. The summed E-state index contributed by atoms with van der Waals surface area (Å²) in [6.07, 6.45) is 0.989. The average Bonchev–Trinajstić information content (AvgIpc) is 2.17. The fourth-order valence-electron chi connectivity index (χ4n) is 0.945. The van der Waals surface area contributed by atoms with Gasteiger partial charge in [0, 0.05) is 24.8 Å². The summed E-state index contributed by atoms with van der Waals surface area (Å²) in [6.45, 7) is 3.66. The lowest BCUT2D eigenvalue weighted by molar-refractivity contribution is -0.121. The van der Waals surface area contributed by atoms with E-state index in [2.05, 4.69) is 5.32 Å². The van der Waals surface area contributed by atoms with Crippen molar-refractivity contribution >= 4 is 15.7 Å². The molecule has 0 aliphatic carbocycles. The van der Waals surface area contributed by atoms with Gasteiger partial charge in [-0.15, -0.1) is 0 Å². The Morgan fingerprint density at radius 3 is 2.47 bits per heavy atom. The Balaban J connectivity index is 3.74. The highest BCUT2D eigenvalue weighted by Gasteiger charge is 2.10. The summed E-state index contributed by atoms with van der Waals surface area (Å²) >= 11 is 0. The van der Waals surface area contributed by atoms with E-state index in [1.807, 2.05) is 6.92 Å². The molecular weight excluding hydrogens is 216 g/mol. The fraction of sp³-hybridized carbons (Fsp3) is 0.889. The Labute approximate surface area is 91.3 Å². The Hall–Kier alpha value is -0.620. The number of carbonyl (C=O) groups excluding carboxylic acids is 1. The second kappa shape index (κ2) is 6.79. The molecule has 15 heavy (non-hydrogen) atoms. The zero-order chi connectivity index (χ0) is 11.9. The summed E-state index contributed by atoms with van der Waals surface area (Å²) in [5.74, 6) is -0.0795. The van der Waals surface area contributed by atoms with Crippen LogP contribution >= 0.6 is 0 Å². The lowest BCUT2D eigenvalue weighted by atomic mass is 10.1. The van der Waals surface area contributed by atoms with Crippen molar-refractivity contribution in [1.82, 2.24) is 5.32 Å². The first-order chi connectivity index (χ1) is 6.91. The third kappa shape index (κ3) is 7.33. The van der Waals surface area contributed by atoms with Crippen molar-refractivity contribution in [2.45, 2.75) is 32.7 Å². The minimum Gasteiger partial charge on any atom is -0.355 e. The molecule has 1 atom stereocenters. The summed E-state index contributed by atoms with van der Waals surface area (Å²) < 4.78 is 22.2. The third-order valence-corrected chi connectivity index (χ3v) is 3.85. The summed E-state index contributed by atoms with van der Waals surface area (Å²) in [6, 6.07) is -0.146. The van der Waals surface area contributed by atoms with Crippen LogP contribution in [0.2, 0.25) is 0 Å². The minimum absolute atomic E-state index is 0.00337. The van der Waals surface area contributed by atoms with Crippen LogP contribution in [0.3, 0.4) is 0 Å². The topological polar surface area (TPSA) is 89.3 Å². The van der Waals surface area contributed by atoms with Gasteiger partial charge >= 0.3 is 0 Å². The van der Waals surface area contributed by atoms with Gasteiger partial charge < -0.3 is 11.1 Å². The largest absolute Gasteiger partial charge is 0.355 e. The molecule has 0 saturated carbocycles. The number of hydrogen-bond acceptors (Lipinski definition) is 4. The standard InChI is InChI=1S/C9H20N2O3S/c1-3-8(10)7-9(12)11-5-6-15(13,14)4-2/h8H,3-7,10H2,1-2H3,(H,11,12). The zero-order valence-electron chi connectivity index (χ0n) is 9.32. The molecule has 0 aliphatic heterocycles. The molecule has 0 spiro atoms. The summed E-state index contributed by atoms with van der Waals surface area (Å²) in [4.78, 5) is 11.2. The number of carbonyl (C=O) groups is 1. The lowest BCUT2D eigenvalue weighted by Crippen LogP contribution is -2.34. The predicted octanol–water partition coefficient (Wildman–Crippen LogP) is -0.335. The van der Waals surface area contributed by atoms with Gasteiger partial charge in [-0.3, -0.25) is 4.79 Å². The van der Waals surface area contributed by atoms with E-state index in [-0.39, 0.29) is 36.4 Å². The van der Waals surface area contributed by atoms with Gasteiger partial charge in [0.25, 0.3) is 0 Å². The van der Waals surface area contributed by atoms with Crippen LogP contribution in [0.5, 0.6) is 0 Å². The smallest absolute Gasteiger partial charge is 0.221 e. The van der Waals surface area contributed by atoms with Gasteiger partial charge in [0.15, 0.2) is 9.84 Å². The minimum atomic E-state index is -3.00. The number of nitrogens with two attached hydrogens (primary N) is 1. The molecule has 0 aromatic rings. The molecule has 0 rings (SSSR count). The van der Waals surface area contributed by atoms with E-state index in [4.69, 9.17) is 5.73 Å². The molecule has 0 bridgehead atoms. The molecule has 0 aromatic heterocycles. The summed E-state index contributed by atoms with van der Waals surface area (Å²) in [5, 5.41) is 2.54. The van der Waals surface area contributed by atoms with Gasteiger partial charge in [0.2, 0.25) is 5.91 Å². The Bertz CT molecular complexity index is 288. The van der Waals surface area contributed by atoms with Crippen LogP contribution in [-0.2, 0) is 14.6 Å². The highest BCUT2D eigenvalue weighted by Crippen LogP contribution is 1.93. The monoisotopic (exact) mass is 236 g/mol. The van der Waals surface area contributed by atoms with Crippen LogP contribution in [0.25, 0.3) is 0 Å². The predicted molar refractivity (Wildman–Crippen MR) is 60.2 cm³/mol. The summed E-state index contributed by atoms with van der Waals surface area (Å²) in [5.41, 5.74) is 5.58. The van der Waals surface area contributed by atoms with Crippen LogP contribution in [0, 0.1) is 0 Å². The maximum Gasteiger partial charge on any atom is 0.221 e. The quantitative estimate of drug-likeness (QED) is 0.633. The maximum absolute atomic E-state index is 11.2. The first-order valence-electron chi connectivity index (χ1n) is 5.14. The second-order valence-electron chi connectivity index (χ2n) is 3.46. The van der Waals surface area contributed by atoms with Crippen LogP contribution in [0.4, 0.5) is 0 Å². The van der Waals surface area contributed by atoms with Gasteiger partial charge in [0.05, 0.1) is 5.75 Å². The zero-order valence-corrected chi connectivity index (χ0v) is 10.1. The molecule has 3 N–H and O–H groups in total. The summed E-state index contributed by atoms with van der Waals surface area (Å²) in [7, 11) is -3.00. The van der Waals surface area contributed by atoms with E-state index >= 15 is 0 Å². The van der Waals surface area contributed by atoms with E-state index in [0.717, 1.165) is 6.42 Å². The van der Waals surface area contributed by atoms with Crippen molar-refractivity contribution in [3.8, 4) is 0 Å². The van der Waals surface area contributed by atoms with E-state index in [1.54, 1.807) is 6.92 Å². The van der Waals surface area contributed by atoms with Gasteiger partial charge in [-0.05, 0) is 6.42 Å². The molecule has 0 aliphatic rings. The highest BCUT2D eigenvalue weighted by atomic mass is 32.2. The van der Waals surface area contributed by atoms with E-state index in [1.165, 1.54) is 0 Å². The second-order valence-corrected chi connectivity index (χ2v) is 5.93. The van der Waals surface area contributed by atoms with E-state index in [9.17, 15) is 13.2 Å². The van der Waals surface area contributed by atoms with Crippen molar-refractivity contribution < 1.29 is 13.2 Å². The molecule has 0 heterocycles. The third-order valence-electron chi connectivity index (χ3n) is 2.15. The molecule has 0 radical (unpaired) electrons. The van der Waals surface area contributed by atoms with Crippen LogP contribution < -0.4 is 11.1 Å². The SMILES string of the molecule is CCC(N)CC(=O)NCCS(=O)(=O)CC. The van der Waals surface area contributed by atoms with Gasteiger partial charge in [-0.2, -0.15) is 0 Å². The lowest BCUT2D eigenvalue weighted by Gasteiger charge is -2.09. The Morgan fingerprint density at radius 2 is 2.00 bits per heavy atom. The van der Waals surface area contributed by atoms with Gasteiger partial charge in [-0.25, -0.2) is 8.42 Å². The average molecular weight is 236 g/mol. The fourth-order valence-corrected chi connectivity index (χ4v) is 1.65. The van der Waals surface area contributed by atoms with Gasteiger partial charge in [0.1, 0.15) is 0 Å². The normalized spacial score (nSPS) is 13.5. The highest BCUT2D eigenvalue weighted by molar-refractivity contribution is 7.91. The van der Waals surface area contributed by atoms with Gasteiger partial charge in [-0.1, -0.05) is 13.8 Å². The van der Waals surface area contributed by atoms with Crippen molar-refractivity contribution in [2.24, 2.45) is 5.73 Å². The number of hydrogen-bond donors (Lipinski definition) is 2.